The summed E-state index contributed by atoms with van der Waals surface area (Å²) in [6.07, 6.45) is 3.32. The molecule has 0 radical (unpaired) electrons. The Labute approximate surface area is 89.8 Å². The van der Waals surface area contributed by atoms with Crippen LogP contribution in [-0.2, 0) is 31.3 Å². The van der Waals surface area contributed by atoms with E-state index in [1.807, 2.05) is 0 Å². The zero-order chi connectivity index (χ0) is 8.04. The van der Waals surface area contributed by atoms with Crippen LogP contribution in [0.4, 0.5) is 0 Å². The fourth-order valence-electron chi connectivity index (χ4n) is 0.536. The molecule has 0 amide bonds. The van der Waals surface area contributed by atoms with E-state index in [0.29, 0.717) is 0 Å². The molecule has 64 valence electrons. The molecule has 0 aliphatic rings. The van der Waals surface area contributed by atoms with Gasteiger partial charge >= 0.3 is 0 Å². The third-order valence-electron chi connectivity index (χ3n) is 1.01. The molecule has 2 N–H and O–H groups in total. The van der Waals surface area contributed by atoms with E-state index in [9.17, 15) is 0 Å². The normalized spacial score (nSPS) is 10.8. The molecule has 11 heavy (non-hydrogen) atoms. The average Bonchev–Trinajstić information content (AvgIpc) is 1.78. The van der Waals surface area contributed by atoms with Crippen LogP contribution in [0, 0.1) is 0 Å². The summed E-state index contributed by atoms with van der Waals surface area (Å²) in [7, 11) is 0. The molecule has 0 aliphatic carbocycles. The van der Waals surface area contributed by atoms with Gasteiger partial charge in [-0.25, -0.2) is 0 Å². The minimum atomic E-state index is -2.96. The van der Waals surface area contributed by atoms with Crippen LogP contribution in [0.3, 0.4) is 0 Å². The molecule has 2 nitrogen and oxygen atoms in total. The van der Waals surface area contributed by atoms with Gasteiger partial charge < -0.3 is 9.79 Å². The molecule has 0 aromatic heterocycles. The van der Waals surface area contributed by atoms with Crippen LogP contribution in [0.15, 0.2) is 0 Å². The molecule has 0 spiro atoms. The van der Waals surface area contributed by atoms with Crippen molar-refractivity contribution in [1.82, 2.24) is 0 Å². The van der Waals surface area contributed by atoms with E-state index in [4.69, 9.17) is 9.79 Å². The van der Waals surface area contributed by atoms with Crippen LogP contribution < -0.4 is 0 Å². The summed E-state index contributed by atoms with van der Waals surface area (Å²) in [6, 6.07) is 0. The van der Waals surface area contributed by atoms with E-state index in [0.717, 1.165) is 36.4 Å². The molecule has 0 saturated carbocycles. The first-order valence-corrected chi connectivity index (χ1v) is 7.56. The van der Waals surface area contributed by atoms with Crippen LogP contribution in [-0.4, -0.2) is 15.5 Å². The Morgan fingerprint density at radius 3 is 2.27 bits per heavy atom. The van der Waals surface area contributed by atoms with Crippen LogP contribution in [0.2, 0.25) is 0 Å². The van der Waals surface area contributed by atoms with Gasteiger partial charge in [0.2, 0.25) is 5.69 Å². The summed E-state index contributed by atoms with van der Waals surface area (Å²) in [6.45, 7) is 2.11. The van der Waals surface area contributed by atoms with Gasteiger partial charge in [-0.1, -0.05) is 31.1 Å². The molecule has 0 fully saturated rings. The van der Waals surface area contributed by atoms with Gasteiger partial charge in [-0.2, -0.15) is 0 Å². The summed E-state index contributed by atoms with van der Waals surface area (Å²) in [5.41, 5.74) is -2.96. The zero-order valence-corrected chi connectivity index (χ0v) is 12.2. The molecular formula is C5H13O2PS2Zn. The number of hydrogen-bond acceptors (Lipinski definition) is 2. The Kier molecular flexibility index (Phi) is 11.1. The van der Waals surface area contributed by atoms with Gasteiger partial charge in [-0.15, -0.1) is 0 Å². The average molecular weight is 266 g/mol. The SMILES string of the molecule is CCCCCSP(O)(O)=S.[Zn]. The van der Waals surface area contributed by atoms with Gasteiger partial charge in [-0.3, -0.25) is 0 Å². The van der Waals surface area contributed by atoms with Gasteiger partial charge in [-0.05, 0) is 18.2 Å². The van der Waals surface area contributed by atoms with E-state index < -0.39 is 5.69 Å². The predicted molar refractivity (Wildman–Crippen MR) is 50.7 cm³/mol. The van der Waals surface area contributed by atoms with Crippen LogP contribution >= 0.6 is 17.1 Å². The molecule has 0 heterocycles. The maximum absolute atomic E-state index is 8.76. The standard InChI is InChI=1S/C5H13O2PS2.Zn/c1-2-3-4-5-10-8(6,7)9;/h2-5H2,1H3,(H2,6,7,9);. The van der Waals surface area contributed by atoms with Gasteiger partial charge in [0.1, 0.15) is 0 Å². The van der Waals surface area contributed by atoms with Gasteiger partial charge in [0.25, 0.3) is 0 Å². The molecule has 0 aliphatic heterocycles. The topological polar surface area (TPSA) is 40.5 Å². The van der Waals surface area contributed by atoms with Crippen molar-refractivity contribution in [2.75, 3.05) is 5.75 Å². The molecule has 0 saturated heterocycles. The summed E-state index contributed by atoms with van der Waals surface area (Å²) < 4.78 is 0. The van der Waals surface area contributed by atoms with Crippen molar-refractivity contribution in [2.45, 2.75) is 26.2 Å². The van der Waals surface area contributed by atoms with E-state index in [1.165, 1.54) is 0 Å². The second-order valence-electron chi connectivity index (χ2n) is 2.03. The van der Waals surface area contributed by atoms with Crippen LogP contribution in [0.5, 0.6) is 0 Å². The molecule has 6 heteroatoms. The first-order chi connectivity index (χ1) is 4.56. The third-order valence-corrected chi connectivity index (χ3v) is 4.32. The number of rotatable bonds is 5. The van der Waals surface area contributed by atoms with Crippen LogP contribution in [0.1, 0.15) is 26.2 Å². The van der Waals surface area contributed by atoms with Crippen LogP contribution in [0.25, 0.3) is 0 Å². The maximum Gasteiger partial charge on any atom is 0.242 e. The first-order valence-electron chi connectivity index (χ1n) is 3.26. The van der Waals surface area contributed by atoms with E-state index in [2.05, 4.69) is 18.7 Å². The van der Waals surface area contributed by atoms with Gasteiger partial charge in [0, 0.05) is 25.2 Å². The fourth-order valence-corrected chi connectivity index (χ4v) is 2.88. The zero-order valence-electron chi connectivity index (χ0n) is 6.69. The summed E-state index contributed by atoms with van der Waals surface area (Å²) in [4.78, 5) is 17.5. The van der Waals surface area contributed by atoms with Crippen molar-refractivity contribution in [3.8, 4) is 0 Å². The van der Waals surface area contributed by atoms with Crippen molar-refractivity contribution >= 4 is 28.9 Å². The maximum atomic E-state index is 8.76. The van der Waals surface area contributed by atoms with Crippen molar-refractivity contribution in [2.24, 2.45) is 0 Å². The Morgan fingerprint density at radius 1 is 1.36 bits per heavy atom. The quantitative estimate of drug-likeness (QED) is 0.454. The number of unbranched alkanes of at least 4 members (excludes halogenated alkanes) is 2. The Balaban J connectivity index is 0. The fraction of sp³-hybridized carbons (Fsp3) is 1.00. The first kappa shape index (κ1) is 15.0. The molecular weight excluding hydrogens is 253 g/mol. The minimum absolute atomic E-state index is 0. The minimum Gasteiger partial charge on any atom is -0.338 e. The van der Waals surface area contributed by atoms with E-state index in [1.54, 1.807) is 0 Å². The van der Waals surface area contributed by atoms with Crippen molar-refractivity contribution < 1.29 is 29.3 Å². The molecule has 0 bridgehead atoms. The molecule has 0 aromatic rings. The molecule has 0 unspecified atom stereocenters. The van der Waals surface area contributed by atoms with Crippen molar-refractivity contribution in [3.63, 3.8) is 0 Å². The second-order valence-corrected chi connectivity index (χ2v) is 8.20. The van der Waals surface area contributed by atoms with E-state index in [-0.39, 0.29) is 19.5 Å². The van der Waals surface area contributed by atoms with E-state index >= 15 is 0 Å². The summed E-state index contributed by atoms with van der Waals surface area (Å²) in [5.74, 6) is 0.776. The Bertz CT molecular complexity index is 128. The summed E-state index contributed by atoms with van der Waals surface area (Å²) in [5, 5.41) is 0. The second kappa shape index (κ2) is 8.16. The molecule has 0 atom stereocenters. The monoisotopic (exact) mass is 264 g/mol. The van der Waals surface area contributed by atoms with Gasteiger partial charge in [0.15, 0.2) is 0 Å². The molecule has 0 aromatic carbocycles. The van der Waals surface area contributed by atoms with Crippen molar-refractivity contribution in [3.05, 3.63) is 0 Å². The molecule has 0 rings (SSSR count). The Hall–Kier alpha value is 1.54. The van der Waals surface area contributed by atoms with Gasteiger partial charge in [0.05, 0.1) is 0 Å². The number of hydrogen-bond donors (Lipinski definition) is 2. The largest absolute Gasteiger partial charge is 0.338 e. The Morgan fingerprint density at radius 2 is 1.91 bits per heavy atom. The summed E-state index contributed by atoms with van der Waals surface area (Å²) >= 11 is 5.53. The predicted octanol–water partition coefficient (Wildman–Crippen LogP) is 2.12. The third kappa shape index (κ3) is 14.4. The van der Waals surface area contributed by atoms with Crippen molar-refractivity contribution in [1.29, 1.82) is 0 Å². The smallest absolute Gasteiger partial charge is 0.242 e.